The van der Waals surface area contributed by atoms with Gasteiger partial charge in [-0.15, -0.1) is 0 Å². The van der Waals surface area contributed by atoms with Crippen molar-refractivity contribution in [2.45, 2.75) is 6.42 Å². The zero-order valence-electron chi connectivity index (χ0n) is 13.7. The highest BCUT2D eigenvalue weighted by atomic mass is 16.5. The van der Waals surface area contributed by atoms with E-state index in [1.165, 1.54) is 0 Å². The first-order valence-corrected chi connectivity index (χ1v) is 7.54. The second kappa shape index (κ2) is 11.6. The van der Waals surface area contributed by atoms with Crippen LogP contribution in [0.15, 0.2) is 24.3 Å². The Kier molecular flexibility index (Phi) is 9.62. The van der Waals surface area contributed by atoms with Gasteiger partial charge in [0.1, 0.15) is 0 Å². The lowest BCUT2D eigenvalue weighted by Crippen LogP contribution is -2.30. The molecule has 0 saturated carbocycles. The number of hydrogen-bond donors (Lipinski definition) is 3. The van der Waals surface area contributed by atoms with Crippen molar-refractivity contribution < 1.29 is 19.1 Å². The van der Waals surface area contributed by atoms with Crippen molar-refractivity contribution in [3.63, 3.8) is 0 Å². The Morgan fingerprint density at radius 3 is 2.61 bits per heavy atom. The molecule has 128 valence electrons. The summed E-state index contributed by atoms with van der Waals surface area (Å²) in [5, 5.41) is 8.51. The first kappa shape index (κ1) is 19.1. The number of anilines is 1. The Labute approximate surface area is 136 Å². The maximum atomic E-state index is 12.0. The molecule has 0 aromatic heterocycles. The Morgan fingerprint density at radius 2 is 1.87 bits per heavy atom. The summed E-state index contributed by atoms with van der Waals surface area (Å²) in [7, 11) is 3.23. The van der Waals surface area contributed by atoms with E-state index in [4.69, 9.17) is 9.47 Å². The SMILES string of the molecule is COCCCNC(=O)c1cccc(NC(=O)CNCCOC)c1. The molecule has 0 saturated heterocycles. The van der Waals surface area contributed by atoms with Gasteiger partial charge in [-0.05, 0) is 24.6 Å². The summed E-state index contributed by atoms with van der Waals surface area (Å²) in [5.74, 6) is -0.339. The Bertz CT molecular complexity index is 494. The second-order valence-corrected chi connectivity index (χ2v) is 4.90. The molecule has 0 atom stereocenters. The maximum absolute atomic E-state index is 12.0. The lowest BCUT2D eigenvalue weighted by Gasteiger charge is -2.09. The largest absolute Gasteiger partial charge is 0.385 e. The Hall–Kier alpha value is -1.96. The number of rotatable bonds is 11. The minimum atomic E-state index is -0.171. The monoisotopic (exact) mass is 323 g/mol. The van der Waals surface area contributed by atoms with Crippen molar-refractivity contribution in [1.82, 2.24) is 10.6 Å². The number of ether oxygens (including phenoxy) is 2. The zero-order valence-corrected chi connectivity index (χ0v) is 13.7. The lowest BCUT2D eigenvalue weighted by molar-refractivity contribution is -0.115. The average Bonchev–Trinajstić information content (AvgIpc) is 2.55. The summed E-state index contributed by atoms with van der Waals surface area (Å²) in [5.41, 5.74) is 1.10. The van der Waals surface area contributed by atoms with Gasteiger partial charge in [-0.25, -0.2) is 0 Å². The summed E-state index contributed by atoms with van der Waals surface area (Å²) < 4.78 is 9.81. The van der Waals surface area contributed by atoms with Gasteiger partial charge in [-0.1, -0.05) is 6.07 Å². The van der Waals surface area contributed by atoms with Crippen LogP contribution in [0, 0.1) is 0 Å². The molecule has 1 aromatic rings. The molecule has 0 aliphatic rings. The third-order valence-corrected chi connectivity index (χ3v) is 2.99. The van der Waals surface area contributed by atoms with Crippen LogP contribution in [0.5, 0.6) is 0 Å². The van der Waals surface area contributed by atoms with Crippen LogP contribution in [0.2, 0.25) is 0 Å². The number of carbonyl (C=O) groups excluding carboxylic acids is 2. The summed E-state index contributed by atoms with van der Waals surface area (Å²) >= 11 is 0. The van der Waals surface area contributed by atoms with Crippen LogP contribution in [-0.2, 0) is 14.3 Å². The predicted octanol–water partition coefficient (Wildman–Crippen LogP) is 0.627. The van der Waals surface area contributed by atoms with Crippen molar-refractivity contribution in [3.05, 3.63) is 29.8 Å². The molecular weight excluding hydrogens is 298 g/mol. The maximum Gasteiger partial charge on any atom is 0.251 e. The van der Waals surface area contributed by atoms with Gasteiger partial charge in [0.15, 0.2) is 0 Å². The number of methoxy groups -OCH3 is 2. The highest BCUT2D eigenvalue weighted by molar-refractivity contribution is 5.97. The molecule has 0 spiro atoms. The molecule has 0 unspecified atom stereocenters. The molecule has 0 radical (unpaired) electrons. The van der Waals surface area contributed by atoms with Crippen LogP contribution in [0.1, 0.15) is 16.8 Å². The van der Waals surface area contributed by atoms with Gasteiger partial charge in [0.2, 0.25) is 5.91 Å². The highest BCUT2D eigenvalue weighted by Crippen LogP contribution is 2.10. The summed E-state index contributed by atoms with van der Waals surface area (Å²) in [6.07, 6.45) is 0.756. The van der Waals surface area contributed by atoms with Crippen LogP contribution in [0.25, 0.3) is 0 Å². The van der Waals surface area contributed by atoms with Crippen LogP contribution in [-0.4, -0.2) is 58.9 Å². The number of carbonyl (C=O) groups is 2. The average molecular weight is 323 g/mol. The van der Waals surface area contributed by atoms with E-state index in [0.29, 0.717) is 37.6 Å². The highest BCUT2D eigenvalue weighted by Gasteiger charge is 2.07. The van der Waals surface area contributed by atoms with Gasteiger partial charge in [-0.2, -0.15) is 0 Å². The van der Waals surface area contributed by atoms with Crippen LogP contribution in [0.3, 0.4) is 0 Å². The summed E-state index contributed by atoms with van der Waals surface area (Å²) in [4.78, 5) is 23.8. The van der Waals surface area contributed by atoms with E-state index in [1.807, 2.05) is 0 Å². The van der Waals surface area contributed by atoms with Crippen LogP contribution < -0.4 is 16.0 Å². The second-order valence-electron chi connectivity index (χ2n) is 4.90. The van der Waals surface area contributed by atoms with E-state index in [-0.39, 0.29) is 18.4 Å². The topological polar surface area (TPSA) is 88.7 Å². The molecule has 1 rings (SSSR count). The van der Waals surface area contributed by atoms with E-state index in [9.17, 15) is 9.59 Å². The van der Waals surface area contributed by atoms with Gasteiger partial charge in [0, 0.05) is 45.2 Å². The van der Waals surface area contributed by atoms with Crippen molar-refractivity contribution in [2.24, 2.45) is 0 Å². The zero-order chi connectivity index (χ0) is 16.9. The summed E-state index contributed by atoms with van der Waals surface area (Å²) in [6, 6.07) is 6.84. The van der Waals surface area contributed by atoms with Crippen molar-refractivity contribution in [3.8, 4) is 0 Å². The molecule has 7 nitrogen and oxygen atoms in total. The molecule has 0 aliphatic heterocycles. The number of hydrogen-bond acceptors (Lipinski definition) is 5. The number of amides is 2. The molecule has 0 aliphatic carbocycles. The first-order valence-electron chi connectivity index (χ1n) is 7.54. The standard InChI is InChI=1S/C16H25N3O4/c1-22-9-4-7-18-16(21)13-5-3-6-14(11-13)19-15(20)12-17-8-10-23-2/h3,5-6,11,17H,4,7-10,12H2,1-2H3,(H,18,21)(H,19,20). The van der Waals surface area contributed by atoms with Gasteiger partial charge in [0.25, 0.3) is 5.91 Å². The molecule has 7 heteroatoms. The quantitative estimate of drug-likeness (QED) is 0.520. The minimum Gasteiger partial charge on any atom is -0.385 e. The Morgan fingerprint density at radius 1 is 1.09 bits per heavy atom. The van der Waals surface area contributed by atoms with Gasteiger partial charge in [-0.3, -0.25) is 9.59 Å². The normalized spacial score (nSPS) is 10.3. The molecule has 23 heavy (non-hydrogen) atoms. The fourth-order valence-corrected chi connectivity index (χ4v) is 1.84. The van der Waals surface area contributed by atoms with Crippen molar-refractivity contribution >= 4 is 17.5 Å². The van der Waals surface area contributed by atoms with Gasteiger partial charge >= 0.3 is 0 Å². The van der Waals surface area contributed by atoms with Crippen LogP contribution in [0.4, 0.5) is 5.69 Å². The molecule has 0 heterocycles. The van der Waals surface area contributed by atoms with E-state index in [1.54, 1.807) is 38.5 Å². The van der Waals surface area contributed by atoms with Crippen molar-refractivity contribution in [2.75, 3.05) is 52.4 Å². The lowest BCUT2D eigenvalue weighted by atomic mass is 10.2. The molecule has 0 bridgehead atoms. The van der Waals surface area contributed by atoms with E-state index >= 15 is 0 Å². The molecular formula is C16H25N3O4. The molecule has 1 aromatic carbocycles. The van der Waals surface area contributed by atoms with E-state index in [2.05, 4.69) is 16.0 Å². The fraction of sp³-hybridized carbons (Fsp3) is 0.500. The molecule has 2 amide bonds. The van der Waals surface area contributed by atoms with E-state index in [0.717, 1.165) is 6.42 Å². The van der Waals surface area contributed by atoms with E-state index < -0.39 is 0 Å². The number of nitrogens with one attached hydrogen (secondary N) is 3. The smallest absolute Gasteiger partial charge is 0.251 e. The first-order chi connectivity index (χ1) is 11.2. The van der Waals surface area contributed by atoms with Gasteiger partial charge < -0.3 is 25.4 Å². The molecule has 3 N–H and O–H groups in total. The Balaban J connectivity index is 2.43. The third-order valence-electron chi connectivity index (χ3n) is 2.99. The third kappa shape index (κ3) is 8.29. The minimum absolute atomic E-state index is 0.168. The van der Waals surface area contributed by atoms with Gasteiger partial charge in [0.05, 0.1) is 13.2 Å². The predicted molar refractivity (Wildman–Crippen MR) is 88.6 cm³/mol. The fourth-order valence-electron chi connectivity index (χ4n) is 1.84. The number of benzene rings is 1. The molecule has 0 fully saturated rings. The van der Waals surface area contributed by atoms with Crippen LogP contribution >= 0.6 is 0 Å². The van der Waals surface area contributed by atoms with Crippen molar-refractivity contribution in [1.29, 1.82) is 0 Å². The summed E-state index contributed by atoms with van der Waals surface area (Å²) in [6.45, 7) is 2.50.